The molecule has 0 aliphatic carbocycles. The minimum absolute atomic E-state index is 0.0253. The number of aryl methyl sites for hydroxylation is 2. The number of aliphatic hydroxyl groups is 1. The van der Waals surface area contributed by atoms with Gasteiger partial charge in [-0.3, -0.25) is 14.5 Å². The first kappa shape index (κ1) is 23.3. The van der Waals surface area contributed by atoms with Gasteiger partial charge in [0.15, 0.2) is 5.13 Å². The molecule has 1 amide bonds. The molecule has 176 valence electrons. The smallest absolute Gasteiger partial charge is 0.301 e. The molecule has 3 aromatic carbocycles. The summed E-state index contributed by atoms with van der Waals surface area (Å²) in [5, 5.41) is 11.7. The van der Waals surface area contributed by atoms with Crippen LogP contribution in [0.2, 0.25) is 0 Å². The maximum Gasteiger partial charge on any atom is 0.301 e. The number of amides is 1. The van der Waals surface area contributed by atoms with E-state index in [-0.39, 0.29) is 11.3 Å². The van der Waals surface area contributed by atoms with Gasteiger partial charge >= 0.3 is 5.91 Å². The topological polar surface area (TPSA) is 79.7 Å². The minimum Gasteiger partial charge on any atom is -0.507 e. The molecule has 4 aromatic rings. The largest absolute Gasteiger partial charge is 0.507 e. The summed E-state index contributed by atoms with van der Waals surface area (Å²) in [5.74, 6) is -1.04. The summed E-state index contributed by atoms with van der Waals surface area (Å²) in [4.78, 5) is 32.8. The Balaban J connectivity index is 1.72. The van der Waals surface area contributed by atoms with Crippen molar-refractivity contribution in [2.75, 3.05) is 12.0 Å². The molecule has 1 aliphatic heterocycles. The van der Waals surface area contributed by atoms with Crippen molar-refractivity contribution in [2.45, 2.75) is 19.9 Å². The van der Waals surface area contributed by atoms with Crippen LogP contribution in [0.25, 0.3) is 16.0 Å². The fraction of sp³-hybridized carbons (Fsp3) is 0.148. The van der Waals surface area contributed by atoms with Gasteiger partial charge in [-0.2, -0.15) is 0 Å². The summed E-state index contributed by atoms with van der Waals surface area (Å²) < 4.78 is 7.10. The molecule has 1 fully saturated rings. The number of ketones is 1. The number of carbonyl (C=O) groups excluding carboxylic acids is 2. The van der Waals surface area contributed by atoms with Crippen LogP contribution < -0.4 is 9.64 Å². The maximum absolute atomic E-state index is 13.4. The average molecular weight is 549 g/mol. The fourth-order valence-electron chi connectivity index (χ4n) is 4.29. The number of rotatable bonds is 4. The van der Waals surface area contributed by atoms with Gasteiger partial charge in [0.2, 0.25) is 0 Å². The second kappa shape index (κ2) is 8.94. The normalized spacial score (nSPS) is 17.4. The monoisotopic (exact) mass is 548 g/mol. The molecule has 0 bridgehead atoms. The van der Waals surface area contributed by atoms with E-state index < -0.39 is 17.7 Å². The van der Waals surface area contributed by atoms with Crippen LogP contribution in [0.15, 0.2) is 70.7 Å². The van der Waals surface area contributed by atoms with Crippen molar-refractivity contribution in [3.05, 3.63) is 93.0 Å². The predicted octanol–water partition coefficient (Wildman–Crippen LogP) is 6.31. The van der Waals surface area contributed by atoms with Gasteiger partial charge in [-0.1, -0.05) is 45.5 Å². The molecule has 1 unspecified atom stereocenters. The van der Waals surface area contributed by atoms with Gasteiger partial charge in [0, 0.05) is 10.0 Å². The van der Waals surface area contributed by atoms with Crippen LogP contribution in [0.4, 0.5) is 5.13 Å². The number of halogens is 1. The third kappa shape index (κ3) is 4.02. The summed E-state index contributed by atoms with van der Waals surface area (Å²) in [6.07, 6.45) is 0. The first-order valence-corrected chi connectivity index (χ1v) is 12.5. The van der Waals surface area contributed by atoms with E-state index >= 15 is 0 Å². The zero-order valence-electron chi connectivity index (χ0n) is 19.2. The summed E-state index contributed by atoms with van der Waals surface area (Å²) in [6, 6.07) is 17.5. The van der Waals surface area contributed by atoms with E-state index in [4.69, 9.17) is 4.74 Å². The summed E-state index contributed by atoms with van der Waals surface area (Å²) in [6.45, 7) is 3.84. The number of hydrogen-bond donors (Lipinski definition) is 1. The molecule has 1 atom stereocenters. The van der Waals surface area contributed by atoms with Crippen LogP contribution in [0, 0.1) is 13.8 Å². The van der Waals surface area contributed by atoms with Gasteiger partial charge in [0.1, 0.15) is 11.5 Å². The minimum atomic E-state index is -0.827. The SMILES string of the molecule is COc1ccc(/C(O)=C2\C(=O)C(=O)N(c3nc4ccc(C)cc4s3)C2c2ccc(Br)cc2)cc1C. The first-order valence-electron chi connectivity index (χ1n) is 10.9. The van der Waals surface area contributed by atoms with Crippen LogP contribution in [-0.2, 0) is 9.59 Å². The molecular formula is C27H21BrN2O4S. The second-order valence-electron chi connectivity index (χ2n) is 8.37. The maximum atomic E-state index is 13.4. The molecule has 5 rings (SSSR count). The van der Waals surface area contributed by atoms with Crippen LogP contribution in [0.1, 0.15) is 28.3 Å². The Morgan fingerprint density at radius 3 is 2.49 bits per heavy atom. The van der Waals surface area contributed by atoms with Gasteiger partial charge < -0.3 is 9.84 Å². The van der Waals surface area contributed by atoms with Crippen molar-refractivity contribution in [1.82, 2.24) is 4.98 Å². The first-order chi connectivity index (χ1) is 16.8. The van der Waals surface area contributed by atoms with Gasteiger partial charge in [-0.15, -0.1) is 0 Å². The molecule has 1 saturated heterocycles. The zero-order valence-corrected chi connectivity index (χ0v) is 21.6. The lowest BCUT2D eigenvalue weighted by molar-refractivity contribution is -0.132. The molecule has 0 radical (unpaired) electrons. The summed E-state index contributed by atoms with van der Waals surface area (Å²) in [5.41, 5.74) is 3.77. The van der Waals surface area contributed by atoms with E-state index in [0.717, 1.165) is 25.8 Å². The molecule has 0 spiro atoms. The number of carbonyl (C=O) groups is 2. The Bertz CT molecular complexity index is 1520. The molecule has 1 N–H and O–H groups in total. The Hall–Kier alpha value is -3.49. The lowest BCUT2D eigenvalue weighted by Gasteiger charge is -2.23. The van der Waals surface area contributed by atoms with Crippen LogP contribution in [-0.4, -0.2) is 28.9 Å². The van der Waals surface area contributed by atoms with Crippen LogP contribution in [0.5, 0.6) is 5.75 Å². The van der Waals surface area contributed by atoms with E-state index in [2.05, 4.69) is 20.9 Å². The van der Waals surface area contributed by atoms with Crippen molar-refractivity contribution in [3.63, 3.8) is 0 Å². The number of aliphatic hydroxyl groups excluding tert-OH is 1. The highest BCUT2D eigenvalue weighted by molar-refractivity contribution is 9.10. The Labute approximate surface area is 214 Å². The number of aromatic nitrogens is 1. The molecule has 1 aliphatic rings. The molecule has 35 heavy (non-hydrogen) atoms. The lowest BCUT2D eigenvalue weighted by atomic mass is 9.95. The molecule has 6 nitrogen and oxygen atoms in total. The standard InChI is InChI=1S/C27H21BrN2O4S/c1-14-4-10-19-21(12-14)35-27(29-19)30-23(16-5-8-18(28)9-6-16)22(25(32)26(30)33)24(31)17-7-11-20(34-3)15(2)13-17/h4-13,23,31H,1-3H3/b24-22+. The third-order valence-electron chi connectivity index (χ3n) is 6.04. The molecule has 1 aromatic heterocycles. The highest BCUT2D eigenvalue weighted by Gasteiger charge is 2.48. The van der Waals surface area contributed by atoms with E-state index in [1.54, 1.807) is 25.3 Å². The van der Waals surface area contributed by atoms with Gasteiger partial charge in [0.05, 0.1) is 28.9 Å². The zero-order chi connectivity index (χ0) is 24.9. The highest BCUT2D eigenvalue weighted by atomic mass is 79.9. The van der Waals surface area contributed by atoms with Crippen LogP contribution >= 0.6 is 27.3 Å². The average Bonchev–Trinajstić information content (AvgIpc) is 3.37. The van der Waals surface area contributed by atoms with E-state index in [9.17, 15) is 14.7 Å². The van der Waals surface area contributed by atoms with Gasteiger partial charge in [-0.25, -0.2) is 4.98 Å². The second-order valence-corrected chi connectivity index (χ2v) is 10.3. The van der Waals surface area contributed by atoms with E-state index in [0.29, 0.717) is 22.0 Å². The van der Waals surface area contributed by atoms with Crippen LogP contribution in [0.3, 0.4) is 0 Å². The number of thiazole rings is 1. The number of nitrogens with zero attached hydrogens (tertiary/aromatic N) is 2. The Morgan fingerprint density at radius 2 is 1.80 bits per heavy atom. The number of ether oxygens (including phenoxy) is 1. The molecule has 8 heteroatoms. The Morgan fingerprint density at radius 1 is 1.06 bits per heavy atom. The fourth-order valence-corrected chi connectivity index (χ4v) is 5.65. The number of anilines is 1. The molecular weight excluding hydrogens is 528 g/mol. The van der Waals surface area contributed by atoms with Gasteiger partial charge in [-0.05, 0) is 73.0 Å². The summed E-state index contributed by atoms with van der Waals surface area (Å²) >= 11 is 4.78. The number of fused-ring (bicyclic) bond motifs is 1. The van der Waals surface area contributed by atoms with Gasteiger partial charge in [0.25, 0.3) is 5.78 Å². The Kier molecular flexibility index (Phi) is 5.94. The number of methoxy groups -OCH3 is 1. The predicted molar refractivity (Wildman–Crippen MR) is 141 cm³/mol. The third-order valence-corrected chi connectivity index (χ3v) is 7.58. The van der Waals surface area contributed by atoms with E-state index in [1.807, 2.05) is 56.3 Å². The highest BCUT2D eigenvalue weighted by Crippen LogP contribution is 2.44. The summed E-state index contributed by atoms with van der Waals surface area (Å²) in [7, 11) is 1.57. The van der Waals surface area contributed by atoms with E-state index in [1.165, 1.54) is 16.2 Å². The van der Waals surface area contributed by atoms with Crippen molar-refractivity contribution in [1.29, 1.82) is 0 Å². The van der Waals surface area contributed by atoms with Crippen molar-refractivity contribution >= 4 is 60.1 Å². The molecule has 0 saturated carbocycles. The number of hydrogen-bond acceptors (Lipinski definition) is 6. The van der Waals surface area contributed by atoms with Crippen molar-refractivity contribution in [3.8, 4) is 5.75 Å². The lowest BCUT2D eigenvalue weighted by Crippen LogP contribution is -2.29. The van der Waals surface area contributed by atoms with Crippen molar-refractivity contribution in [2.24, 2.45) is 0 Å². The quantitative estimate of drug-likeness (QED) is 0.183. The molecule has 2 heterocycles. The number of Topliss-reactive ketones (excluding diaryl/α,β-unsaturated/α-hetero) is 1. The number of benzene rings is 3. The van der Waals surface area contributed by atoms with Crippen molar-refractivity contribution < 1.29 is 19.4 Å².